The van der Waals surface area contributed by atoms with E-state index < -0.39 is 0 Å². The Hall–Kier alpha value is 0. The van der Waals surface area contributed by atoms with E-state index in [4.69, 9.17) is 0 Å². The minimum Gasteiger partial charge on any atom is -0.0654 e. The smallest absolute Gasteiger partial charge is 0.0443 e. The quantitative estimate of drug-likeness (QED) is 0.483. The second-order valence-corrected chi connectivity index (χ2v) is 3.60. The Kier molecular flexibility index (Phi) is 8.10. The molecule has 0 aromatic rings. The van der Waals surface area contributed by atoms with Crippen molar-refractivity contribution in [3.05, 3.63) is 6.92 Å². The fourth-order valence-corrected chi connectivity index (χ4v) is 1.38. The maximum Gasteiger partial charge on any atom is -0.0443 e. The Balaban J connectivity index is 3.02. The third-order valence-electron chi connectivity index (χ3n) is 2.25. The van der Waals surface area contributed by atoms with Crippen molar-refractivity contribution in [1.82, 2.24) is 0 Å². The molecular weight excluding hydrogens is 132 g/mol. The third kappa shape index (κ3) is 7.90. The minimum absolute atomic E-state index is 0.934. The van der Waals surface area contributed by atoms with E-state index in [1.165, 1.54) is 38.5 Å². The monoisotopic (exact) mass is 155 g/mol. The Bertz CT molecular complexity index is 66.4. The van der Waals surface area contributed by atoms with E-state index in [1.54, 1.807) is 0 Å². The SMILES string of the molecule is [CH2]CCCC(C)CCCCC. The molecule has 0 aromatic carbocycles. The molecule has 0 spiro atoms. The van der Waals surface area contributed by atoms with Gasteiger partial charge >= 0.3 is 0 Å². The maximum absolute atomic E-state index is 3.85. The summed E-state index contributed by atoms with van der Waals surface area (Å²) >= 11 is 0. The Morgan fingerprint density at radius 2 is 1.73 bits per heavy atom. The molecule has 1 radical (unpaired) electrons. The zero-order valence-electron chi connectivity index (χ0n) is 8.23. The maximum atomic E-state index is 3.85. The minimum atomic E-state index is 0.934. The normalized spacial score (nSPS) is 13.4. The van der Waals surface area contributed by atoms with Crippen LogP contribution in [0.25, 0.3) is 0 Å². The molecule has 0 nitrogen and oxygen atoms in total. The van der Waals surface area contributed by atoms with Crippen molar-refractivity contribution in [2.45, 2.75) is 58.8 Å². The Morgan fingerprint density at radius 1 is 1.09 bits per heavy atom. The molecular formula is C11H23. The van der Waals surface area contributed by atoms with E-state index in [2.05, 4.69) is 20.8 Å². The van der Waals surface area contributed by atoms with E-state index in [1.807, 2.05) is 0 Å². The summed E-state index contributed by atoms with van der Waals surface area (Å²) < 4.78 is 0. The van der Waals surface area contributed by atoms with E-state index in [9.17, 15) is 0 Å². The fourth-order valence-electron chi connectivity index (χ4n) is 1.38. The molecule has 0 saturated carbocycles. The molecule has 0 heterocycles. The van der Waals surface area contributed by atoms with Crippen LogP contribution in [-0.2, 0) is 0 Å². The highest BCUT2D eigenvalue weighted by Gasteiger charge is 1.99. The lowest BCUT2D eigenvalue weighted by Crippen LogP contribution is -1.93. The number of hydrogen-bond acceptors (Lipinski definition) is 0. The Morgan fingerprint density at radius 3 is 2.27 bits per heavy atom. The van der Waals surface area contributed by atoms with Crippen LogP contribution < -0.4 is 0 Å². The third-order valence-corrected chi connectivity index (χ3v) is 2.25. The highest BCUT2D eigenvalue weighted by atomic mass is 14.1. The summed E-state index contributed by atoms with van der Waals surface area (Å²) in [5.41, 5.74) is 0. The lowest BCUT2D eigenvalue weighted by atomic mass is 9.98. The van der Waals surface area contributed by atoms with Crippen LogP contribution in [0.15, 0.2) is 0 Å². The van der Waals surface area contributed by atoms with Gasteiger partial charge in [0.05, 0.1) is 0 Å². The fraction of sp³-hybridized carbons (Fsp3) is 0.909. The first-order chi connectivity index (χ1) is 5.31. The molecule has 0 aliphatic rings. The second kappa shape index (κ2) is 8.10. The molecule has 0 aromatic heterocycles. The van der Waals surface area contributed by atoms with Gasteiger partial charge < -0.3 is 0 Å². The van der Waals surface area contributed by atoms with Gasteiger partial charge in [-0.05, 0) is 5.92 Å². The van der Waals surface area contributed by atoms with Gasteiger partial charge in [0.25, 0.3) is 0 Å². The van der Waals surface area contributed by atoms with Gasteiger partial charge in [-0.15, -0.1) is 0 Å². The second-order valence-electron chi connectivity index (χ2n) is 3.60. The first-order valence-corrected chi connectivity index (χ1v) is 5.10. The molecule has 0 amide bonds. The highest BCUT2D eigenvalue weighted by molar-refractivity contribution is 4.54. The summed E-state index contributed by atoms with van der Waals surface area (Å²) in [5, 5.41) is 0. The van der Waals surface area contributed by atoms with Crippen molar-refractivity contribution >= 4 is 0 Å². The van der Waals surface area contributed by atoms with Crippen molar-refractivity contribution in [2.24, 2.45) is 5.92 Å². The molecule has 0 heteroatoms. The van der Waals surface area contributed by atoms with Crippen LogP contribution in [0.2, 0.25) is 0 Å². The molecule has 0 fully saturated rings. The van der Waals surface area contributed by atoms with Crippen molar-refractivity contribution < 1.29 is 0 Å². The van der Waals surface area contributed by atoms with Crippen molar-refractivity contribution in [3.8, 4) is 0 Å². The zero-order chi connectivity index (χ0) is 8.53. The lowest BCUT2D eigenvalue weighted by molar-refractivity contribution is 0.452. The van der Waals surface area contributed by atoms with Crippen LogP contribution in [0.4, 0.5) is 0 Å². The highest BCUT2D eigenvalue weighted by Crippen LogP contribution is 2.15. The van der Waals surface area contributed by atoms with Crippen LogP contribution in [0, 0.1) is 12.8 Å². The molecule has 0 rings (SSSR count). The zero-order valence-corrected chi connectivity index (χ0v) is 8.23. The largest absolute Gasteiger partial charge is 0.0654 e. The predicted molar refractivity (Wildman–Crippen MR) is 52.5 cm³/mol. The first kappa shape index (κ1) is 11.0. The van der Waals surface area contributed by atoms with Gasteiger partial charge in [-0.1, -0.05) is 65.7 Å². The van der Waals surface area contributed by atoms with Crippen LogP contribution >= 0.6 is 0 Å². The van der Waals surface area contributed by atoms with Gasteiger partial charge in [0.2, 0.25) is 0 Å². The summed E-state index contributed by atoms with van der Waals surface area (Å²) in [5.74, 6) is 0.934. The van der Waals surface area contributed by atoms with Crippen LogP contribution in [0.5, 0.6) is 0 Å². The van der Waals surface area contributed by atoms with Crippen molar-refractivity contribution in [2.75, 3.05) is 0 Å². The summed E-state index contributed by atoms with van der Waals surface area (Å²) in [6.45, 7) is 8.48. The van der Waals surface area contributed by atoms with Crippen LogP contribution in [0.1, 0.15) is 58.8 Å². The van der Waals surface area contributed by atoms with Gasteiger partial charge in [-0.3, -0.25) is 0 Å². The van der Waals surface area contributed by atoms with Crippen LogP contribution in [0.3, 0.4) is 0 Å². The topological polar surface area (TPSA) is 0 Å². The average Bonchev–Trinajstić information content (AvgIpc) is 2.01. The summed E-state index contributed by atoms with van der Waals surface area (Å²) in [7, 11) is 0. The van der Waals surface area contributed by atoms with Crippen LogP contribution in [-0.4, -0.2) is 0 Å². The Labute approximate surface area is 72.4 Å². The van der Waals surface area contributed by atoms with Gasteiger partial charge in [-0.25, -0.2) is 0 Å². The van der Waals surface area contributed by atoms with E-state index in [0.717, 1.165) is 12.3 Å². The van der Waals surface area contributed by atoms with Crippen molar-refractivity contribution in [1.29, 1.82) is 0 Å². The summed E-state index contributed by atoms with van der Waals surface area (Å²) in [6.07, 6.45) is 9.41. The molecule has 0 N–H and O–H groups in total. The summed E-state index contributed by atoms with van der Waals surface area (Å²) in [4.78, 5) is 0. The molecule has 0 saturated heterocycles. The first-order valence-electron chi connectivity index (χ1n) is 5.10. The molecule has 0 bridgehead atoms. The predicted octanol–water partition coefficient (Wildman–Crippen LogP) is 4.21. The molecule has 11 heavy (non-hydrogen) atoms. The summed E-state index contributed by atoms with van der Waals surface area (Å²) in [6, 6.07) is 0. The lowest BCUT2D eigenvalue weighted by Gasteiger charge is -2.09. The van der Waals surface area contributed by atoms with Gasteiger partial charge in [0.1, 0.15) is 0 Å². The average molecular weight is 155 g/mol. The molecule has 1 atom stereocenters. The van der Waals surface area contributed by atoms with Gasteiger partial charge in [0, 0.05) is 0 Å². The van der Waals surface area contributed by atoms with E-state index >= 15 is 0 Å². The van der Waals surface area contributed by atoms with Crippen molar-refractivity contribution in [3.63, 3.8) is 0 Å². The van der Waals surface area contributed by atoms with E-state index in [0.29, 0.717) is 0 Å². The molecule has 67 valence electrons. The molecule has 0 aliphatic heterocycles. The number of unbranched alkanes of at least 4 members (excludes halogenated alkanes) is 3. The molecule has 0 aliphatic carbocycles. The number of hydrogen-bond donors (Lipinski definition) is 0. The number of rotatable bonds is 7. The van der Waals surface area contributed by atoms with E-state index in [-0.39, 0.29) is 0 Å². The van der Waals surface area contributed by atoms with Gasteiger partial charge in [0.15, 0.2) is 0 Å². The van der Waals surface area contributed by atoms with Gasteiger partial charge in [-0.2, -0.15) is 0 Å². The standard InChI is InChI=1S/C11H23/c1-4-6-8-10-11(3)9-7-5-2/h11H,2,4-10H2,1,3H3. The molecule has 1 unspecified atom stereocenters.